The van der Waals surface area contributed by atoms with Gasteiger partial charge >= 0.3 is 12.4 Å². The Morgan fingerprint density at radius 1 is 1.06 bits per heavy atom. The van der Waals surface area contributed by atoms with Gasteiger partial charge < -0.3 is 9.47 Å². The summed E-state index contributed by atoms with van der Waals surface area (Å²) in [6, 6.07) is 6.12. The van der Waals surface area contributed by atoms with Crippen molar-refractivity contribution in [2.75, 3.05) is 13.2 Å². The molecule has 0 amide bonds. The van der Waals surface area contributed by atoms with Crippen molar-refractivity contribution >= 4 is 0 Å². The Labute approximate surface area is 201 Å². The van der Waals surface area contributed by atoms with Gasteiger partial charge in [0.15, 0.2) is 12.1 Å². The van der Waals surface area contributed by atoms with Crippen LogP contribution in [0.5, 0.6) is 0 Å². The maximum Gasteiger partial charge on any atom is 0.416 e. The summed E-state index contributed by atoms with van der Waals surface area (Å²) in [7, 11) is 0. The minimum absolute atomic E-state index is 0.0628. The first-order chi connectivity index (χ1) is 16.9. The smallest absolute Gasteiger partial charge is 0.349 e. The molecule has 2 heterocycles. The first kappa shape index (κ1) is 26.0. The van der Waals surface area contributed by atoms with Gasteiger partial charge in [0.25, 0.3) is 0 Å². The third-order valence-electron chi connectivity index (χ3n) is 5.75. The van der Waals surface area contributed by atoms with E-state index in [9.17, 15) is 30.7 Å². The molecule has 0 saturated carbocycles. The summed E-state index contributed by atoms with van der Waals surface area (Å²) in [5.41, 5.74) is -2.61. The summed E-state index contributed by atoms with van der Waals surface area (Å²) in [6.45, 7) is 2.14. The largest absolute Gasteiger partial charge is 0.416 e. The molecule has 1 saturated heterocycles. The summed E-state index contributed by atoms with van der Waals surface area (Å²) in [5, 5.41) is 6.62. The molecule has 3 aromatic rings. The Balaban J connectivity index is 1.66. The summed E-state index contributed by atoms with van der Waals surface area (Å²) >= 11 is 0. The van der Waals surface area contributed by atoms with E-state index >= 15 is 0 Å². The van der Waals surface area contributed by atoms with Crippen LogP contribution in [0.15, 0.2) is 48.8 Å². The van der Waals surface area contributed by atoms with Crippen LogP contribution in [0.4, 0.5) is 30.7 Å². The quantitative estimate of drug-likeness (QED) is 0.427. The predicted octanol–water partition coefficient (Wildman–Crippen LogP) is 5.66. The molecule has 0 aliphatic carbocycles. The molecule has 1 aliphatic heterocycles. The van der Waals surface area contributed by atoms with Crippen LogP contribution in [0, 0.1) is 5.82 Å². The molecule has 4 rings (SSSR count). The fourth-order valence-electron chi connectivity index (χ4n) is 3.99. The maximum absolute atomic E-state index is 13.6. The van der Waals surface area contributed by atoms with Gasteiger partial charge in [0.1, 0.15) is 12.1 Å². The van der Waals surface area contributed by atoms with Crippen molar-refractivity contribution in [1.29, 1.82) is 0 Å². The number of halogens is 7. The molecule has 0 radical (unpaired) electrons. The second kappa shape index (κ2) is 10.1. The van der Waals surface area contributed by atoms with Crippen LogP contribution < -0.4 is 0 Å². The minimum Gasteiger partial charge on any atom is -0.349 e. The molecular formula is C23H21F7N4O2. The number of H-pyrrole nitrogens is 1. The van der Waals surface area contributed by atoms with Gasteiger partial charge in [-0.1, -0.05) is 12.1 Å². The van der Waals surface area contributed by atoms with Gasteiger partial charge in [-0.3, -0.25) is 10.00 Å². The van der Waals surface area contributed by atoms with Crippen molar-refractivity contribution in [3.8, 4) is 0 Å². The normalized spacial score (nSPS) is 20.4. The third-order valence-corrected chi connectivity index (χ3v) is 5.75. The fraction of sp³-hybridized carbons (Fsp3) is 0.391. The number of nitrogens with one attached hydrogen (secondary N) is 1. The van der Waals surface area contributed by atoms with Crippen molar-refractivity contribution in [3.05, 3.63) is 82.7 Å². The van der Waals surface area contributed by atoms with E-state index in [1.54, 1.807) is 0 Å². The first-order valence-corrected chi connectivity index (χ1v) is 10.8. The molecular weight excluding hydrogens is 497 g/mol. The summed E-state index contributed by atoms with van der Waals surface area (Å²) in [6.07, 6.45) is -10.9. The van der Waals surface area contributed by atoms with E-state index in [-0.39, 0.29) is 24.8 Å². The lowest BCUT2D eigenvalue weighted by atomic mass is 10.0. The SMILES string of the molecule is C[C@@H](O[C@H]1OCCN(Cc2nc[nH]n2)[C@H]1c1ccc(F)cc1)c1cc(C(F)(F)F)cc(C(F)(F)F)c1. The van der Waals surface area contributed by atoms with E-state index in [0.717, 1.165) is 0 Å². The van der Waals surface area contributed by atoms with Crippen LogP contribution in [0.3, 0.4) is 0 Å². The van der Waals surface area contributed by atoms with E-state index in [1.165, 1.54) is 37.5 Å². The van der Waals surface area contributed by atoms with Crippen LogP contribution in [-0.2, 0) is 28.4 Å². The highest BCUT2D eigenvalue weighted by atomic mass is 19.4. The number of aromatic nitrogens is 3. The molecule has 2 aromatic carbocycles. The Morgan fingerprint density at radius 3 is 2.25 bits per heavy atom. The molecule has 1 aromatic heterocycles. The molecule has 0 spiro atoms. The standard InChI is InChI=1S/C23H21F7N4O2/c1-13(15-8-16(22(25,26)27)10-17(9-15)23(28,29)30)36-21-20(14-2-4-18(24)5-3-14)34(6-7-35-21)11-19-31-12-32-33-19/h2-5,8-10,12-13,20-21H,6-7,11H2,1H3,(H,31,32,33)/t13-,20+,21-/m1/s1. The molecule has 36 heavy (non-hydrogen) atoms. The number of ether oxygens (including phenoxy) is 2. The number of nitrogens with zero attached hydrogens (tertiary/aromatic N) is 3. The van der Waals surface area contributed by atoms with E-state index in [1.807, 2.05) is 4.90 Å². The molecule has 13 heteroatoms. The van der Waals surface area contributed by atoms with Gasteiger partial charge in [0.2, 0.25) is 0 Å². The Hall–Kier alpha value is -3.03. The zero-order chi connectivity index (χ0) is 26.1. The van der Waals surface area contributed by atoms with Crippen LogP contribution in [0.25, 0.3) is 0 Å². The van der Waals surface area contributed by atoms with E-state index in [4.69, 9.17) is 9.47 Å². The number of aromatic amines is 1. The lowest BCUT2D eigenvalue weighted by Crippen LogP contribution is -2.46. The zero-order valence-electron chi connectivity index (χ0n) is 18.8. The number of morpholine rings is 1. The molecule has 1 fully saturated rings. The van der Waals surface area contributed by atoms with Gasteiger partial charge in [0.05, 0.1) is 36.4 Å². The highest BCUT2D eigenvalue weighted by Crippen LogP contribution is 2.39. The van der Waals surface area contributed by atoms with Crippen molar-refractivity contribution in [1.82, 2.24) is 20.1 Å². The second-order valence-electron chi connectivity index (χ2n) is 8.24. The van der Waals surface area contributed by atoms with E-state index in [2.05, 4.69) is 15.2 Å². The predicted molar refractivity (Wildman–Crippen MR) is 112 cm³/mol. The van der Waals surface area contributed by atoms with Crippen LogP contribution in [-0.4, -0.2) is 39.5 Å². The average Bonchev–Trinajstić information content (AvgIpc) is 3.32. The minimum atomic E-state index is -4.99. The van der Waals surface area contributed by atoms with E-state index < -0.39 is 47.7 Å². The van der Waals surface area contributed by atoms with Crippen molar-refractivity contribution < 1.29 is 40.2 Å². The number of hydrogen-bond donors (Lipinski definition) is 1. The third kappa shape index (κ3) is 6.02. The second-order valence-corrected chi connectivity index (χ2v) is 8.24. The number of benzene rings is 2. The highest BCUT2D eigenvalue weighted by Gasteiger charge is 2.39. The molecule has 0 bridgehead atoms. The van der Waals surface area contributed by atoms with Crippen molar-refractivity contribution in [2.45, 2.75) is 44.3 Å². The Kier molecular flexibility index (Phi) is 7.34. The van der Waals surface area contributed by atoms with Gasteiger partial charge in [0, 0.05) is 6.54 Å². The van der Waals surface area contributed by atoms with E-state index in [0.29, 0.717) is 30.1 Å². The summed E-state index contributed by atoms with van der Waals surface area (Å²) < 4.78 is 105. The van der Waals surface area contributed by atoms with Gasteiger partial charge in [-0.2, -0.15) is 31.4 Å². The van der Waals surface area contributed by atoms with Gasteiger partial charge in [-0.25, -0.2) is 9.37 Å². The average molecular weight is 518 g/mol. The lowest BCUT2D eigenvalue weighted by molar-refractivity contribution is -0.231. The maximum atomic E-state index is 13.6. The van der Waals surface area contributed by atoms with Crippen LogP contribution in [0.2, 0.25) is 0 Å². The Morgan fingerprint density at radius 2 is 1.69 bits per heavy atom. The Bertz CT molecular complexity index is 1120. The van der Waals surface area contributed by atoms with Gasteiger partial charge in [-0.05, 0) is 48.4 Å². The summed E-state index contributed by atoms with van der Waals surface area (Å²) in [5.74, 6) is -0.0333. The zero-order valence-corrected chi connectivity index (χ0v) is 18.8. The molecule has 3 atom stereocenters. The molecule has 6 nitrogen and oxygen atoms in total. The molecule has 0 unspecified atom stereocenters. The molecule has 194 valence electrons. The first-order valence-electron chi connectivity index (χ1n) is 10.8. The number of alkyl halides is 6. The fourth-order valence-corrected chi connectivity index (χ4v) is 3.99. The highest BCUT2D eigenvalue weighted by molar-refractivity contribution is 5.34. The number of hydrogen-bond acceptors (Lipinski definition) is 5. The van der Waals surface area contributed by atoms with Crippen LogP contribution in [0.1, 0.15) is 47.1 Å². The topological polar surface area (TPSA) is 63.3 Å². The molecule has 1 aliphatic rings. The number of rotatable bonds is 6. The van der Waals surface area contributed by atoms with Crippen molar-refractivity contribution in [3.63, 3.8) is 0 Å². The van der Waals surface area contributed by atoms with Gasteiger partial charge in [-0.15, -0.1) is 0 Å². The monoisotopic (exact) mass is 518 g/mol. The summed E-state index contributed by atoms with van der Waals surface area (Å²) in [4.78, 5) is 5.97. The van der Waals surface area contributed by atoms with Crippen LogP contribution >= 0.6 is 0 Å². The lowest BCUT2D eigenvalue weighted by Gasteiger charge is -2.41. The molecule has 1 N–H and O–H groups in total. The van der Waals surface area contributed by atoms with Crippen molar-refractivity contribution in [2.24, 2.45) is 0 Å².